The highest BCUT2D eigenvalue weighted by Crippen LogP contribution is 2.18. The standard InChI is InChI=1S/C69H129NO8/c1-6-8-10-12-14-16-18-20-21-22-23-24-25-26-27-28-29-30-31-32-33-34-35-36-37-38-39-40-41-42-43-44-45-46-47-48-50-52-54-56-58-60-67(72)78-65(64-77-69(68(73)74)75-62-61-70(3,4)5)63-76-66(71)59-57-55-53-51-49-19-17-15-13-11-9-7-2/h15,17-18,20,22-23,65,69H,6-14,16,19,21,24-64H2,1-5H3/b17-15-,20-18-,23-22-. The molecule has 9 heteroatoms. The fourth-order valence-electron chi connectivity index (χ4n) is 9.92. The van der Waals surface area contributed by atoms with Crippen molar-refractivity contribution in [3.05, 3.63) is 36.5 Å². The van der Waals surface area contributed by atoms with Gasteiger partial charge in [0.15, 0.2) is 12.4 Å². The SMILES string of the molecule is CCCCC/C=C\CCCCCCCC(=O)OCC(COC(OCC[N+](C)(C)C)C(=O)[O-])OC(=O)CCCCCCCCCCCCCCCCCCCCCCCCCCCCCCC/C=C\C/C=C\CCCCCCC. The van der Waals surface area contributed by atoms with Crippen LogP contribution in [-0.4, -0.2) is 82.3 Å². The number of ether oxygens (including phenoxy) is 4. The molecule has 0 saturated heterocycles. The van der Waals surface area contributed by atoms with Crippen molar-refractivity contribution in [1.29, 1.82) is 0 Å². The minimum absolute atomic E-state index is 0.149. The zero-order valence-electron chi connectivity index (χ0n) is 52.3. The molecule has 2 unspecified atom stereocenters. The molecule has 0 aromatic rings. The van der Waals surface area contributed by atoms with Crippen molar-refractivity contribution in [3.63, 3.8) is 0 Å². The Balaban J connectivity index is 3.86. The number of nitrogens with zero attached hydrogens (tertiary/aromatic N) is 1. The first kappa shape index (κ1) is 75.5. The van der Waals surface area contributed by atoms with E-state index in [-0.39, 0.29) is 38.6 Å². The Labute approximate surface area is 483 Å². The van der Waals surface area contributed by atoms with E-state index in [4.69, 9.17) is 18.9 Å². The van der Waals surface area contributed by atoms with E-state index in [1.54, 1.807) is 0 Å². The Kier molecular flexibility index (Phi) is 58.7. The first-order chi connectivity index (χ1) is 38.1. The van der Waals surface area contributed by atoms with E-state index in [1.165, 1.54) is 238 Å². The van der Waals surface area contributed by atoms with E-state index in [9.17, 15) is 19.5 Å². The summed E-state index contributed by atoms with van der Waals surface area (Å²) in [5.41, 5.74) is 0. The second kappa shape index (κ2) is 60.6. The van der Waals surface area contributed by atoms with E-state index in [1.807, 2.05) is 21.1 Å². The molecule has 9 nitrogen and oxygen atoms in total. The summed E-state index contributed by atoms with van der Waals surface area (Å²) in [6, 6.07) is 0. The number of aliphatic carboxylic acids is 1. The third-order valence-corrected chi connectivity index (χ3v) is 15.1. The molecule has 0 aliphatic rings. The summed E-state index contributed by atoms with van der Waals surface area (Å²) < 4.78 is 22.7. The van der Waals surface area contributed by atoms with E-state index >= 15 is 0 Å². The van der Waals surface area contributed by atoms with Gasteiger partial charge in [-0.1, -0.05) is 281 Å². The van der Waals surface area contributed by atoms with Crippen molar-refractivity contribution in [2.75, 3.05) is 47.5 Å². The van der Waals surface area contributed by atoms with Gasteiger partial charge in [0.2, 0.25) is 0 Å². The van der Waals surface area contributed by atoms with Crippen LogP contribution in [0, 0.1) is 0 Å². The predicted molar refractivity (Wildman–Crippen MR) is 329 cm³/mol. The largest absolute Gasteiger partial charge is 0.545 e. The Morgan fingerprint density at radius 2 is 0.692 bits per heavy atom. The van der Waals surface area contributed by atoms with Crippen LogP contribution in [0.5, 0.6) is 0 Å². The molecule has 0 aromatic heterocycles. The molecule has 458 valence electrons. The van der Waals surface area contributed by atoms with Crippen LogP contribution in [0.1, 0.15) is 328 Å². The van der Waals surface area contributed by atoms with E-state index in [0.717, 1.165) is 64.2 Å². The number of likely N-dealkylation sites (N-methyl/N-ethyl adjacent to an activating group) is 1. The summed E-state index contributed by atoms with van der Waals surface area (Å²) in [7, 11) is 5.93. The molecular weight excluding hydrogens is 971 g/mol. The number of carbonyl (C=O) groups is 3. The lowest BCUT2D eigenvalue weighted by molar-refractivity contribution is -0.870. The van der Waals surface area contributed by atoms with Crippen molar-refractivity contribution >= 4 is 17.9 Å². The number of hydrogen-bond acceptors (Lipinski definition) is 8. The minimum atomic E-state index is -1.62. The summed E-state index contributed by atoms with van der Waals surface area (Å²) >= 11 is 0. The lowest BCUT2D eigenvalue weighted by Crippen LogP contribution is -2.44. The van der Waals surface area contributed by atoms with Gasteiger partial charge in [-0.2, -0.15) is 0 Å². The Bertz CT molecular complexity index is 1370. The molecule has 78 heavy (non-hydrogen) atoms. The molecule has 0 bridgehead atoms. The topological polar surface area (TPSA) is 111 Å². The maximum atomic E-state index is 12.9. The van der Waals surface area contributed by atoms with Gasteiger partial charge in [0.25, 0.3) is 0 Å². The third kappa shape index (κ3) is 61.1. The van der Waals surface area contributed by atoms with Gasteiger partial charge in [0.1, 0.15) is 13.2 Å². The van der Waals surface area contributed by atoms with Gasteiger partial charge in [-0.3, -0.25) is 9.59 Å². The van der Waals surface area contributed by atoms with Crippen LogP contribution in [0.3, 0.4) is 0 Å². The summed E-state index contributed by atoms with van der Waals surface area (Å²) in [6.45, 7) is 4.74. The van der Waals surface area contributed by atoms with Crippen LogP contribution in [-0.2, 0) is 33.3 Å². The summed E-state index contributed by atoms with van der Waals surface area (Å²) in [6.07, 6.45) is 72.6. The Morgan fingerprint density at radius 3 is 1.05 bits per heavy atom. The van der Waals surface area contributed by atoms with Crippen molar-refractivity contribution in [1.82, 2.24) is 0 Å². The lowest BCUT2D eigenvalue weighted by atomic mass is 10.0. The normalized spacial score (nSPS) is 12.9. The molecule has 0 aliphatic heterocycles. The maximum Gasteiger partial charge on any atom is 0.306 e. The summed E-state index contributed by atoms with van der Waals surface area (Å²) in [5.74, 6) is -2.28. The maximum absolute atomic E-state index is 12.9. The number of carboxylic acid groups (broad SMARTS) is 1. The van der Waals surface area contributed by atoms with Crippen molar-refractivity contribution in [2.45, 2.75) is 341 Å². The molecular formula is C69H129NO8. The number of esters is 2. The molecule has 0 radical (unpaired) electrons. The molecule has 0 spiro atoms. The second-order valence-electron chi connectivity index (χ2n) is 24.1. The second-order valence-corrected chi connectivity index (χ2v) is 24.1. The number of quaternary nitrogens is 1. The number of carbonyl (C=O) groups excluding carboxylic acids is 3. The lowest BCUT2D eigenvalue weighted by Gasteiger charge is -2.26. The number of rotatable bonds is 63. The van der Waals surface area contributed by atoms with Crippen molar-refractivity contribution < 1.29 is 42.9 Å². The molecule has 0 N–H and O–H groups in total. The zero-order chi connectivity index (χ0) is 56.9. The van der Waals surface area contributed by atoms with Gasteiger partial charge in [-0.15, -0.1) is 0 Å². The monoisotopic (exact) mass is 1100 g/mol. The number of allylic oxidation sites excluding steroid dienone is 6. The fourth-order valence-corrected chi connectivity index (χ4v) is 9.92. The van der Waals surface area contributed by atoms with Gasteiger partial charge in [-0.05, 0) is 70.6 Å². The van der Waals surface area contributed by atoms with Gasteiger partial charge in [0, 0.05) is 12.8 Å². The molecule has 0 rings (SSSR count). The van der Waals surface area contributed by atoms with Crippen molar-refractivity contribution in [3.8, 4) is 0 Å². The van der Waals surface area contributed by atoms with Crippen LogP contribution in [0.15, 0.2) is 36.5 Å². The highest BCUT2D eigenvalue weighted by Gasteiger charge is 2.22. The van der Waals surface area contributed by atoms with Gasteiger partial charge < -0.3 is 33.3 Å². The van der Waals surface area contributed by atoms with Crippen LogP contribution in [0.25, 0.3) is 0 Å². The average molecular weight is 1100 g/mol. The van der Waals surface area contributed by atoms with Crippen LogP contribution < -0.4 is 5.11 Å². The number of hydrogen-bond donors (Lipinski definition) is 0. The predicted octanol–water partition coefficient (Wildman–Crippen LogP) is 19.1. The van der Waals surface area contributed by atoms with Crippen LogP contribution in [0.4, 0.5) is 0 Å². The highest BCUT2D eigenvalue weighted by atomic mass is 16.7. The quantitative estimate of drug-likeness (QED) is 0.0195. The third-order valence-electron chi connectivity index (χ3n) is 15.1. The first-order valence-corrected chi connectivity index (χ1v) is 33.6. The van der Waals surface area contributed by atoms with Gasteiger partial charge in [-0.25, -0.2) is 0 Å². The van der Waals surface area contributed by atoms with Gasteiger partial charge in [0.05, 0.1) is 40.3 Å². The zero-order valence-corrected chi connectivity index (χ0v) is 52.3. The van der Waals surface area contributed by atoms with Crippen LogP contribution in [0.2, 0.25) is 0 Å². The smallest absolute Gasteiger partial charge is 0.306 e. The number of carboxylic acids is 1. The first-order valence-electron chi connectivity index (χ1n) is 33.6. The molecule has 0 saturated carbocycles. The summed E-state index contributed by atoms with van der Waals surface area (Å²) in [5, 5.41) is 11.8. The highest BCUT2D eigenvalue weighted by molar-refractivity contribution is 5.70. The molecule has 0 fully saturated rings. The molecule has 0 aromatic carbocycles. The molecule has 0 amide bonds. The van der Waals surface area contributed by atoms with Crippen molar-refractivity contribution in [2.24, 2.45) is 0 Å². The Morgan fingerprint density at radius 1 is 0.385 bits per heavy atom. The Hall–Kier alpha value is -2.49. The molecule has 0 aliphatic carbocycles. The average Bonchev–Trinajstić information content (AvgIpc) is 3.41. The van der Waals surface area contributed by atoms with Gasteiger partial charge >= 0.3 is 11.9 Å². The minimum Gasteiger partial charge on any atom is -0.545 e. The molecule has 2 atom stereocenters. The van der Waals surface area contributed by atoms with Crippen LogP contribution >= 0.6 is 0 Å². The molecule has 0 heterocycles. The summed E-state index contributed by atoms with van der Waals surface area (Å²) in [4.78, 5) is 37.2. The number of unbranched alkanes of at least 4 members (excludes halogenated alkanes) is 42. The fraction of sp³-hybridized carbons (Fsp3) is 0.870. The van der Waals surface area contributed by atoms with E-state index in [2.05, 4.69) is 50.3 Å². The van der Waals surface area contributed by atoms with E-state index in [0.29, 0.717) is 11.0 Å². The van der Waals surface area contributed by atoms with E-state index < -0.39 is 24.3 Å².